The van der Waals surface area contributed by atoms with E-state index in [1.54, 1.807) is 6.07 Å². The molecule has 1 fully saturated rings. The van der Waals surface area contributed by atoms with Crippen LogP contribution in [0.15, 0.2) is 18.2 Å². The van der Waals surface area contributed by atoms with Gasteiger partial charge in [-0.15, -0.1) is 0 Å². The molecule has 1 aliphatic rings. The van der Waals surface area contributed by atoms with E-state index in [0.717, 1.165) is 5.56 Å². The Morgan fingerprint density at radius 1 is 1.50 bits per heavy atom. The summed E-state index contributed by atoms with van der Waals surface area (Å²) in [5, 5.41) is 0.546. The molecule has 2 N–H and O–H groups in total. The van der Waals surface area contributed by atoms with Crippen molar-refractivity contribution in [2.75, 3.05) is 23.8 Å². The fourth-order valence-corrected chi connectivity index (χ4v) is 4.00. The quantitative estimate of drug-likeness (QED) is 0.839. The van der Waals surface area contributed by atoms with Gasteiger partial charge in [-0.25, -0.2) is 8.42 Å². The highest BCUT2D eigenvalue weighted by Crippen LogP contribution is 2.22. The van der Waals surface area contributed by atoms with E-state index in [-0.39, 0.29) is 17.5 Å². The van der Waals surface area contributed by atoms with Crippen molar-refractivity contribution in [3.63, 3.8) is 0 Å². The number of hydrogen-bond donors (Lipinski definition) is 1. The molecule has 6 heteroatoms. The molecule has 0 radical (unpaired) electrons. The van der Waals surface area contributed by atoms with Crippen molar-refractivity contribution >= 4 is 27.1 Å². The summed E-state index contributed by atoms with van der Waals surface area (Å²) in [7, 11) is -2.86. The Bertz CT molecular complexity index is 545. The molecule has 0 aromatic heterocycles. The molecule has 0 saturated carbocycles. The Morgan fingerprint density at radius 3 is 2.83 bits per heavy atom. The molecule has 1 unspecified atom stereocenters. The SMILES string of the molecule is CC1CS(=O)(=O)CCN1Cc1ccc(N)c(Cl)c1. The maximum atomic E-state index is 11.5. The van der Waals surface area contributed by atoms with Crippen LogP contribution >= 0.6 is 11.6 Å². The minimum absolute atomic E-state index is 0.0417. The minimum Gasteiger partial charge on any atom is -0.398 e. The van der Waals surface area contributed by atoms with E-state index in [1.165, 1.54) is 0 Å². The second kappa shape index (κ2) is 5.07. The van der Waals surface area contributed by atoms with E-state index in [4.69, 9.17) is 17.3 Å². The zero-order chi connectivity index (χ0) is 13.3. The lowest BCUT2D eigenvalue weighted by Gasteiger charge is -2.33. The van der Waals surface area contributed by atoms with E-state index < -0.39 is 9.84 Å². The monoisotopic (exact) mass is 288 g/mol. The van der Waals surface area contributed by atoms with Crippen molar-refractivity contribution in [2.45, 2.75) is 19.5 Å². The molecular weight excluding hydrogens is 272 g/mol. The third kappa shape index (κ3) is 3.16. The van der Waals surface area contributed by atoms with Crippen molar-refractivity contribution < 1.29 is 8.42 Å². The maximum Gasteiger partial charge on any atom is 0.153 e. The van der Waals surface area contributed by atoms with Crippen LogP contribution in [0.4, 0.5) is 5.69 Å². The molecule has 1 saturated heterocycles. The first kappa shape index (κ1) is 13.6. The highest BCUT2D eigenvalue weighted by atomic mass is 35.5. The summed E-state index contributed by atoms with van der Waals surface area (Å²) < 4.78 is 23.0. The van der Waals surface area contributed by atoms with Crippen molar-refractivity contribution in [3.05, 3.63) is 28.8 Å². The molecule has 1 aromatic carbocycles. The van der Waals surface area contributed by atoms with E-state index in [2.05, 4.69) is 4.90 Å². The van der Waals surface area contributed by atoms with Crippen LogP contribution in [0.5, 0.6) is 0 Å². The van der Waals surface area contributed by atoms with Gasteiger partial charge in [0.25, 0.3) is 0 Å². The minimum atomic E-state index is -2.86. The van der Waals surface area contributed by atoms with Gasteiger partial charge in [-0.1, -0.05) is 17.7 Å². The largest absolute Gasteiger partial charge is 0.398 e. The highest BCUT2D eigenvalue weighted by molar-refractivity contribution is 7.91. The Balaban J connectivity index is 2.08. The fourth-order valence-electron chi connectivity index (χ4n) is 2.17. The number of nitrogen functional groups attached to an aromatic ring is 1. The van der Waals surface area contributed by atoms with Crippen molar-refractivity contribution in [1.29, 1.82) is 0 Å². The number of rotatable bonds is 2. The standard InChI is InChI=1S/C12H17ClN2O2S/c1-9-8-18(16,17)5-4-15(9)7-10-2-3-12(14)11(13)6-10/h2-3,6,9H,4-5,7-8,14H2,1H3. The zero-order valence-electron chi connectivity index (χ0n) is 10.3. The van der Waals surface area contributed by atoms with Gasteiger partial charge in [-0.05, 0) is 24.6 Å². The van der Waals surface area contributed by atoms with Gasteiger partial charge in [0, 0.05) is 19.1 Å². The van der Waals surface area contributed by atoms with Crippen LogP contribution in [0.2, 0.25) is 5.02 Å². The Morgan fingerprint density at radius 2 is 2.22 bits per heavy atom. The van der Waals surface area contributed by atoms with Gasteiger partial charge in [0.15, 0.2) is 9.84 Å². The van der Waals surface area contributed by atoms with Crippen LogP contribution in [0.25, 0.3) is 0 Å². The molecule has 1 aliphatic heterocycles. The van der Waals surface area contributed by atoms with Crippen LogP contribution in [0.3, 0.4) is 0 Å². The smallest absolute Gasteiger partial charge is 0.153 e. The lowest BCUT2D eigenvalue weighted by atomic mass is 10.1. The molecule has 2 rings (SSSR count). The first-order valence-corrected chi connectivity index (χ1v) is 8.06. The summed E-state index contributed by atoms with van der Waals surface area (Å²) in [4.78, 5) is 2.16. The van der Waals surface area contributed by atoms with Crippen molar-refractivity contribution in [2.24, 2.45) is 0 Å². The van der Waals surface area contributed by atoms with Crippen LogP contribution < -0.4 is 5.73 Å². The number of sulfone groups is 1. The van der Waals surface area contributed by atoms with Crippen LogP contribution in [-0.2, 0) is 16.4 Å². The summed E-state index contributed by atoms with van der Waals surface area (Å²) in [6, 6.07) is 5.59. The Kier molecular flexibility index (Phi) is 3.84. The highest BCUT2D eigenvalue weighted by Gasteiger charge is 2.27. The lowest BCUT2D eigenvalue weighted by molar-refractivity contribution is 0.218. The van der Waals surface area contributed by atoms with Gasteiger partial charge >= 0.3 is 0 Å². The van der Waals surface area contributed by atoms with Gasteiger partial charge in [0.2, 0.25) is 0 Å². The predicted molar refractivity (Wildman–Crippen MR) is 74.4 cm³/mol. The molecule has 0 spiro atoms. The second-order valence-corrected chi connectivity index (χ2v) is 7.43. The van der Waals surface area contributed by atoms with Gasteiger partial charge < -0.3 is 5.73 Å². The zero-order valence-corrected chi connectivity index (χ0v) is 11.8. The summed E-state index contributed by atoms with van der Waals surface area (Å²) in [6.45, 7) is 3.22. The molecule has 1 heterocycles. The van der Waals surface area contributed by atoms with Crippen LogP contribution in [0, 0.1) is 0 Å². The van der Waals surface area contributed by atoms with Crippen LogP contribution in [-0.4, -0.2) is 37.4 Å². The van der Waals surface area contributed by atoms with Crippen molar-refractivity contribution in [1.82, 2.24) is 4.90 Å². The van der Waals surface area contributed by atoms with E-state index in [1.807, 2.05) is 19.1 Å². The fraction of sp³-hybridized carbons (Fsp3) is 0.500. The summed E-state index contributed by atoms with van der Waals surface area (Å²) in [5.41, 5.74) is 7.28. The number of nitrogens with two attached hydrogens (primary N) is 1. The molecule has 18 heavy (non-hydrogen) atoms. The first-order valence-electron chi connectivity index (χ1n) is 5.86. The molecule has 1 aromatic rings. The number of benzene rings is 1. The molecule has 0 amide bonds. The van der Waals surface area contributed by atoms with Gasteiger partial charge in [-0.2, -0.15) is 0 Å². The van der Waals surface area contributed by atoms with E-state index in [9.17, 15) is 8.42 Å². The van der Waals surface area contributed by atoms with Gasteiger partial charge in [0.05, 0.1) is 22.2 Å². The Hall–Kier alpha value is -0.780. The number of anilines is 1. The topological polar surface area (TPSA) is 63.4 Å². The summed E-state index contributed by atoms with van der Waals surface area (Å²) in [5.74, 6) is 0.468. The summed E-state index contributed by atoms with van der Waals surface area (Å²) >= 11 is 5.97. The van der Waals surface area contributed by atoms with E-state index in [0.29, 0.717) is 23.8 Å². The average Bonchev–Trinajstić information content (AvgIpc) is 2.27. The van der Waals surface area contributed by atoms with Gasteiger partial charge in [0.1, 0.15) is 0 Å². The molecular formula is C12H17ClN2O2S. The maximum absolute atomic E-state index is 11.5. The molecule has 1 atom stereocenters. The average molecular weight is 289 g/mol. The number of halogens is 1. The normalized spacial score (nSPS) is 24.0. The molecule has 0 aliphatic carbocycles. The van der Waals surface area contributed by atoms with Crippen molar-refractivity contribution in [3.8, 4) is 0 Å². The molecule has 100 valence electrons. The second-order valence-electron chi connectivity index (χ2n) is 4.79. The third-order valence-corrected chi connectivity index (χ3v) is 5.38. The van der Waals surface area contributed by atoms with Gasteiger partial charge in [-0.3, -0.25) is 4.90 Å². The summed E-state index contributed by atoms with van der Waals surface area (Å²) in [6.07, 6.45) is 0. The number of nitrogens with zero attached hydrogens (tertiary/aromatic N) is 1. The number of hydrogen-bond acceptors (Lipinski definition) is 4. The Labute approximate surface area is 113 Å². The van der Waals surface area contributed by atoms with Crippen LogP contribution in [0.1, 0.15) is 12.5 Å². The first-order chi connectivity index (χ1) is 8.37. The predicted octanol–water partition coefficient (Wildman–Crippen LogP) is 1.54. The van der Waals surface area contributed by atoms with E-state index >= 15 is 0 Å². The molecule has 0 bridgehead atoms. The third-order valence-electron chi connectivity index (χ3n) is 3.26. The lowest BCUT2D eigenvalue weighted by Crippen LogP contribution is -2.46. The molecule has 4 nitrogen and oxygen atoms in total.